The number of nitrogens with zero attached hydrogens (tertiary/aromatic N) is 3. The molecule has 0 atom stereocenters. The van der Waals surface area contributed by atoms with E-state index in [1.807, 2.05) is 0 Å². The zero-order chi connectivity index (χ0) is 10.3. The van der Waals surface area contributed by atoms with Crippen molar-refractivity contribution < 1.29 is 8.78 Å². The molecule has 0 aromatic carbocycles. The standard InChI is InChI=1S/C8H6ClF2N3/c1-14-3-4-5(9)2-6(7(10)11)12-8(4)13-14/h2-3,7H,1H3. The van der Waals surface area contributed by atoms with Crippen LogP contribution < -0.4 is 0 Å². The van der Waals surface area contributed by atoms with Crippen LogP contribution in [0.1, 0.15) is 12.1 Å². The van der Waals surface area contributed by atoms with Gasteiger partial charge in [-0.3, -0.25) is 4.68 Å². The van der Waals surface area contributed by atoms with E-state index in [1.54, 1.807) is 13.2 Å². The summed E-state index contributed by atoms with van der Waals surface area (Å²) in [6.07, 6.45) is -0.987. The molecule has 0 radical (unpaired) electrons. The maximum Gasteiger partial charge on any atom is 0.280 e. The molecule has 2 rings (SSSR count). The minimum atomic E-state index is -2.63. The monoisotopic (exact) mass is 217 g/mol. The van der Waals surface area contributed by atoms with Crippen LogP contribution in [0.15, 0.2) is 12.3 Å². The first kappa shape index (κ1) is 9.33. The summed E-state index contributed by atoms with van der Waals surface area (Å²) < 4.78 is 26.1. The van der Waals surface area contributed by atoms with Crippen molar-refractivity contribution >= 4 is 22.6 Å². The van der Waals surface area contributed by atoms with Gasteiger partial charge in [0.15, 0.2) is 5.65 Å². The van der Waals surface area contributed by atoms with E-state index < -0.39 is 6.43 Å². The van der Waals surface area contributed by atoms with Crippen LogP contribution in [0.5, 0.6) is 0 Å². The Hall–Kier alpha value is -1.23. The highest BCUT2D eigenvalue weighted by Gasteiger charge is 2.13. The fourth-order valence-corrected chi connectivity index (χ4v) is 1.45. The van der Waals surface area contributed by atoms with E-state index in [0.717, 1.165) is 6.07 Å². The molecule has 0 aliphatic heterocycles. The number of fused-ring (bicyclic) bond motifs is 1. The molecule has 2 heterocycles. The van der Waals surface area contributed by atoms with E-state index >= 15 is 0 Å². The van der Waals surface area contributed by atoms with Crippen molar-refractivity contribution in [3.63, 3.8) is 0 Å². The zero-order valence-corrected chi connectivity index (χ0v) is 7.96. The first-order valence-electron chi connectivity index (χ1n) is 3.86. The van der Waals surface area contributed by atoms with Crippen LogP contribution in [-0.4, -0.2) is 14.8 Å². The smallest absolute Gasteiger partial charge is 0.273 e. The van der Waals surface area contributed by atoms with Crippen molar-refractivity contribution in [3.05, 3.63) is 23.0 Å². The van der Waals surface area contributed by atoms with Gasteiger partial charge >= 0.3 is 0 Å². The van der Waals surface area contributed by atoms with Crippen LogP contribution in [0, 0.1) is 0 Å². The molecule has 0 bridgehead atoms. The number of hydrogen-bond acceptors (Lipinski definition) is 2. The van der Waals surface area contributed by atoms with Crippen LogP contribution in [0.2, 0.25) is 5.02 Å². The van der Waals surface area contributed by atoms with Gasteiger partial charge < -0.3 is 0 Å². The van der Waals surface area contributed by atoms with E-state index in [1.165, 1.54) is 4.68 Å². The van der Waals surface area contributed by atoms with Crippen LogP contribution in [-0.2, 0) is 7.05 Å². The Balaban J connectivity index is 2.71. The quantitative estimate of drug-likeness (QED) is 0.735. The van der Waals surface area contributed by atoms with Crippen molar-refractivity contribution in [1.29, 1.82) is 0 Å². The van der Waals surface area contributed by atoms with Gasteiger partial charge in [-0.25, -0.2) is 13.8 Å². The van der Waals surface area contributed by atoms with Gasteiger partial charge in [-0.05, 0) is 6.07 Å². The fourth-order valence-electron chi connectivity index (χ4n) is 1.20. The lowest BCUT2D eigenvalue weighted by Crippen LogP contribution is -1.91. The highest BCUT2D eigenvalue weighted by molar-refractivity contribution is 6.35. The highest BCUT2D eigenvalue weighted by atomic mass is 35.5. The van der Waals surface area contributed by atoms with Gasteiger partial charge in [-0.1, -0.05) is 11.6 Å². The maximum absolute atomic E-state index is 12.3. The van der Waals surface area contributed by atoms with Crippen molar-refractivity contribution in [2.45, 2.75) is 6.43 Å². The largest absolute Gasteiger partial charge is 0.280 e. The fraction of sp³-hybridized carbons (Fsp3) is 0.250. The molecule has 0 fully saturated rings. The van der Waals surface area contributed by atoms with Gasteiger partial charge in [0.2, 0.25) is 0 Å². The molecular weight excluding hydrogens is 212 g/mol. The first-order valence-corrected chi connectivity index (χ1v) is 4.23. The number of aryl methyl sites for hydroxylation is 1. The van der Waals surface area contributed by atoms with E-state index in [4.69, 9.17) is 11.6 Å². The van der Waals surface area contributed by atoms with Gasteiger partial charge in [0.05, 0.1) is 10.4 Å². The number of alkyl halides is 2. The lowest BCUT2D eigenvalue weighted by atomic mass is 10.3. The first-order chi connectivity index (χ1) is 6.58. The Kier molecular flexibility index (Phi) is 2.11. The van der Waals surface area contributed by atoms with Crippen LogP contribution >= 0.6 is 11.6 Å². The third-order valence-electron chi connectivity index (χ3n) is 1.80. The number of rotatable bonds is 1. The second-order valence-corrected chi connectivity index (χ2v) is 3.28. The molecule has 0 saturated heterocycles. The number of halogens is 3. The van der Waals surface area contributed by atoms with Crippen molar-refractivity contribution in [1.82, 2.24) is 14.8 Å². The molecule has 0 aliphatic rings. The molecule has 6 heteroatoms. The molecule has 0 saturated carbocycles. The molecule has 0 N–H and O–H groups in total. The lowest BCUT2D eigenvalue weighted by molar-refractivity contribution is 0.146. The topological polar surface area (TPSA) is 30.7 Å². The van der Waals surface area contributed by atoms with Gasteiger partial charge in [0.25, 0.3) is 6.43 Å². The third-order valence-corrected chi connectivity index (χ3v) is 2.11. The zero-order valence-electron chi connectivity index (χ0n) is 7.21. The van der Waals surface area contributed by atoms with E-state index in [0.29, 0.717) is 5.39 Å². The second-order valence-electron chi connectivity index (χ2n) is 2.87. The van der Waals surface area contributed by atoms with Crippen molar-refractivity contribution in [2.75, 3.05) is 0 Å². The molecular formula is C8H6ClF2N3. The van der Waals surface area contributed by atoms with Gasteiger partial charge in [-0.15, -0.1) is 0 Å². The predicted octanol–water partition coefficient (Wildman–Crippen LogP) is 2.56. The van der Waals surface area contributed by atoms with Crippen LogP contribution in [0.3, 0.4) is 0 Å². The molecule has 3 nitrogen and oxygen atoms in total. The normalized spacial score (nSPS) is 11.5. The second kappa shape index (κ2) is 3.16. The molecule has 74 valence electrons. The lowest BCUT2D eigenvalue weighted by Gasteiger charge is -1.98. The average molecular weight is 218 g/mol. The molecule has 0 aliphatic carbocycles. The predicted molar refractivity (Wildman–Crippen MR) is 48.5 cm³/mol. The summed E-state index contributed by atoms with van der Waals surface area (Å²) in [7, 11) is 1.68. The Morgan fingerprint density at radius 2 is 2.21 bits per heavy atom. The van der Waals surface area contributed by atoms with E-state index in [-0.39, 0.29) is 16.4 Å². The molecule has 2 aromatic rings. The maximum atomic E-state index is 12.3. The summed E-state index contributed by atoms with van der Waals surface area (Å²) in [4.78, 5) is 3.69. The molecule has 0 spiro atoms. The summed E-state index contributed by atoms with van der Waals surface area (Å²) in [5, 5.41) is 4.74. The van der Waals surface area contributed by atoms with Crippen molar-refractivity contribution in [3.8, 4) is 0 Å². The SMILES string of the molecule is Cn1cc2c(Cl)cc(C(F)F)nc2n1. The summed E-state index contributed by atoms with van der Waals surface area (Å²) in [6.45, 7) is 0. The number of pyridine rings is 1. The van der Waals surface area contributed by atoms with Gasteiger partial charge in [-0.2, -0.15) is 5.10 Å². The molecule has 2 aromatic heterocycles. The van der Waals surface area contributed by atoms with Gasteiger partial charge in [0.1, 0.15) is 5.69 Å². The summed E-state index contributed by atoms with van der Waals surface area (Å²) in [5.74, 6) is 0. The Labute approximate surface area is 83.3 Å². The Morgan fingerprint density at radius 1 is 1.50 bits per heavy atom. The molecule has 0 amide bonds. The minimum absolute atomic E-state index is 0.246. The number of aromatic nitrogens is 3. The number of hydrogen-bond donors (Lipinski definition) is 0. The van der Waals surface area contributed by atoms with Crippen LogP contribution in [0.4, 0.5) is 8.78 Å². The third kappa shape index (κ3) is 1.43. The minimum Gasteiger partial charge on any atom is -0.273 e. The molecule has 0 unspecified atom stereocenters. The average Bonchev–Trinajstić information content (AvgIpc) is 2.45. The molecule has 14 heavy (non-hydrogen) atoms. The van der Waals surface area contributed by atoms with E-state index in [2.05, 4.69) is 10.1 Å². The van der Waals surface area contributed by atoms with Gasteiger partial charge in [0, 0.05) is 13.2 Å². The summed E-state index contributed by atoms with van der Waals surface area (Å²) >= 11 is 5.79. The Morgan fingerprint density at radius 3 is 2.86 bits per heavy atom. The highest BCUT2D eigenvalue weighted by Crippen LogP contribution is 2.26. The van der Waals surface area contributed by atoms with Crippen molar-refractivity contribution in [2.24, 2.45) is 7.05 Å². The van der Waals surface area contributed by atoms with E-state index in [9.17, 15) is 8.78 Å². The van der Waals surface area contributed by atoms with Crippen LogP contribution in [0.25, 0.3) is 11.0 Å². The Bertz CT molecular complexity index is 481. The summed E-state index contributed by atoms with van der Waals surface area (Å²) in [5.41, 5.74) is -0.100. The summed E-state index contributed by atoms with van der Waals surface area (Å²) in [6, 6.07) is 1.16.